The maximum atomic E-state index is 11.5. The van der Waals surface area contributed by atoms with E-state index in [0.717, 1.165) is 6.42 Å². The summed E-state index contributed by atoms with van der Waals surface area (Å²) in [5.41, 5.74) is 0.686. The smallest absolute Gasteiger partial charge is 0.332 e. The number of hydrogen-bond acceptors (Lipinski definition) is 5. The summed E-state index contributed by atoms with van der Waals surface area (Å²) in [6, 6.07) is 5.23. The molecule has 1 heterocycles. The average Bonchev–Trinajstić information content (AvgIpc) is 2.70. The van der Waals surface area contributed by atoms with Crippen LogP contribution in [0.5, 0.6) is 11.5 Å². The molecule has 5 nitrogen and oxygen atoms in total. The maximum Gasteiger partial charge on any atom is 0.332 e. The molecule has 0 bridgehead atoms. The molecule has 1 aliphatic heterocycles. The van der Waals surface area contributed by atoms with Crippen LogP contribution in [0.3, 0.4) is 0 Å². The van der Waals surface area contributed by atoms with E-state index in [-0.39, 0.29) is 0 Å². The fourth-order valence-corrected chi connectivity index (χ4v) is 2.02. The van der Waals surface area contributed by atoms with Gasteiger partial charge in [-0.25, -0.2) is 4.79 Å². The van der Waals surface area contributed by atoms with E-state index in [1.165, 1.54) is 13.0 Å². The fourth-order valence-electron chi connectivity index (χ4n) is 1.75. The van der Waals surface area contributed by atoms with Crippen LogP contribution in [0.2, 0.25) is 5.02 Å². The lowest BCUT2D eigenvalue weighted by Gasteiger charge is -2.10. The number of nitrogens with zero attached hydrogens (tertiary/aromatic N) is 1. The molecule has 1 aromatic carbocycles. The van der Waals surface area contributed by atoms with E-state index < -0.39 is 12.1 Å². The average molecular weight is 308 g/mol. The van der Waals surface area contributed by atoms with E-state index in [4.69, 9.17) is 31.1 Å². The van der Waals surface area contributed by atoms with E-state index in [0.29, 0.717) is 35.3 Å². The molecule has 6 heteroatoms. The summed E-state index contributed by atoms with van der Waals surface area (Å²) in [6.07, 6.45) is 2.79. The number of esters is 1. The van der Waals surface area contributed by atoms with E-state index in [1.807, 2.05) is 6.07 Å². The van der Waals surface area contributed by atoms with Crippen molar-refractivity contribution in [3.8, 4) is 17.6 Å². The number of fused-ring (bicyclic) bond motifs is 1. The Bertz CT molecular complexity index is 606. The fraction of sp³-hybridized carbons (Fsp3) is 0.333. The molecule has 2 rings (SSSR count). The second-order valence-electron chi connectivity index (χ2n) is 4.42. The lowest BCUT2D eigenvalue weighted by Crippen LogP contribution is -2.10. The second-order valence-corrected chi connectivity index (χ2v) is 4.83. The molecule has 21 heavy (non-hydrogen) atoms. The highest BCUT2D eigenvalue weighted by Gasteiger charge is 2.15. The monoisotopic (exact) mass is 307 g/mol. The van der Waals surface area contributed by atoms with Crippen LogP contribution < -0.4 is 9.47 Å². The van der Waals surface area contributed by atoms with Gasteiger partial charge in [-0.15, -0.1) is 0 Å². The second kappa shape index (κ2) is 7.00. The summed E-state index contributed by atoms with van der Waals surface area (Å²) < 4.78 is 15.9. The maximum absolute atomic E-state index is 11.5. The van der Waals surface area contributed by atoms with Crippen LogP contribution in [0, 0.1) is 11.3 Å². The van der Waals surface area contributed by atoms with Gasteiger partial charge in [0.25, 0.3) is 0 Å². The number of hydrogen-bond donors (Lipinski definition) is 0. The summed E-state index contributed by atoms with van der Waals surface area (Å²) >= 11 is 6.14. The number of benzene rings is 1. The molecule has 1 atom stereocenters. The van der Waals surface area contributed by atoms with Crippen molar-refractivity contribution >= 4 is 23.6 Å². The largest absolute Gasteiger partial charge is 0.489 e. The Balaban J connectivity index is 2.14. The van der Waals surface area contributed by atoms with Crippen LogP contribution in [0.4, 0.5) is 0 Å². The zero-order valence-corrected chi connectivity index (χ0v) is 12.2. The van der Waals surface area contributed by atoms with E-state index in [1.54, 1.807) is 18.2 Å². The predicted octanol–water partition coefficient (Wildman–Crippen LogP) is 2.97. The summed E-state index contributed by atoms with van der Waals surface area (Å²) in [6.45, 7) is 2.61. The Morgan fingerprint density at radius 2 is 2.24 bits per heavy atom. The molecule has 0 unspecified atom stereocenters. The topological polar surface area (TPSA) is 68.5 Å². The van der Waals surface area contributed by atoms with Crippen molar-refractivity contribution in [3.05, 3.63) is 28.8 Å². The molecule has 0 aliphatic carbocycles. The van der Waals surface area contributed by atoms with Crippen LogP contribution in [-0.4, -0.2) is 25.3 Å². The normalized spacial score (nSPS) is 15.1. The summed E-state index contributed by atoms with van der Waals surface area (Å²) in [5.74, 6) is 0.484. The minimum absolute atomic E-state index is 0.424. The highest BCUT2D eigenvalue weighted by Crippen LogP contribution is 2.38. The first-order valence-electron chi connectivity index (χ1n) is 6.47. The van der Waals surface area contributed by atoms with Gasteiger partial charge in [-0.05, 0) is 30.7 Å². The number of ether oxygens (including phenoxy) is 3. The molecule has 0 N–H and O–H groups in total. The van der Waals surface area contributed by atoms with Crippen molar-refractivity contribution in [2.24, 2.45) is 0 Å². The highest BCUT2D eigenvalue weighted by atomic mass is 35.5. The van der Waals surface area contributed by atoms with Crippen molar-refractivity contribution in [3.63, 3.8) is 0 Å². The Morgan fingerprint density at radius 3 is 3.00 bits per heavy atom. The summed E-state index contributed by atoms with van der Waals surface area (Å²) in [5, 5.41) is 8.99. The summed E-state index contributed by atoms with van der Waals surface area (Å²) in [7, 11) is 0. The van der Waals surface area contributed by atoms with Crippen LogP contribution in [-0.2, 0) is 9.53 Å². The van der Waals surface area contributed by atoms with E-state index >= 15 is 0 Å². The van der Waals surface area contributed by atoms with Crippen LogP contribution in [0.1, 0.15) is 18.9 Å². The van der Waals surface area contributed by atoms with Gasteiger partial charge in [-0.2, -0.15) is 5.26 Å². The third-order valence-corrected chi connectivity index (χ3v) is 2.99. The number of halogens is 1. The van der Waals surface area contributed by atoms with E-state index in [2.05, 4.69) is 0 Å². The zero-order valence-electron chi connectivity index (χ0n) is 11.5. The first-order valence-corrected chi connectivity index (χ1v) is 6.85. The van der Waals surface area contributed by atoms with Crippen molar-refractivity contribution in [1.82, 2.24) is 0 Å². The summed E-state index contributed by atoms with van der Waals surface area (Å²) in [4.78, 5) is 11.5. The van der Waals surface area contributed by atoms with Crippen LogP contribution >= 0.6 is 11.6 Å². The number of carbonyl (C=O) groups is 1. The Labute approximate surface area is 127 Å². The quantitative estimate of drug-likeness (QED) is 0.634. The standard InChI is InChI=1S/C15H14ClNO4/c1-10(9-17)21-14(18)4-3-11-7-12(16)15-13(8-11)19-5-2-6-20-15/h3-4,7-8,10H,2,5-6H2,1H3/b4-3+/t10-/m0/s1. The number of carbonyl (C=O) groups excluding carboxylic acids is 1. The molecule has 0 aromatic heterocycles. The SMILES string of the molecule is C[C@@H](C#N)OC(=O)/C=C/c1cc(Cl)c2c(c1)OCCCO2. The molecule has 0 radical (unpaired) electrons. The van der Waals surface area contributed by atoms with Crippen LogP contribution in [0.25, 0.3) is 6.08 Å². The van der Waals surface area contributed by atoms with Gasteiger partial charge in [0, 0.05) is 12.5 Å². The van der Waals surface area contributed by atoms with Crippen LogP contribution in [0.15, 0.2) is 18.2 Å². The number of rotatable bonds is 3. The molecule has 0 spiro atoms. The molecule has 1 aliphatic rings. The highest BCUT2D eigenvalue weighted by molar-refractivity contribution is 6.32. The molecular formula is C15H14ClNO4. The van der Waals surface area contributed by atoms with Crippen molar-refractivity contribution in [1.29, 1.82) is 5.26 Å². The molecule has 0 amide bonds. The predicted molar refractivity (Wildman–Crippen MR) is 77.3 cm³/mol. The molecular weight excluding hydrogens is 294 g/mol. The Morgan fingerprint density at radius 1 is 1.48 bits per heavy atom. The van der Waals surface area contributed by atoms with Gasteiger partial charge in [-0.1, -0.05) is 11.6 Å². The van der Waals surface area contributed by atoms with Gasteiger partial charge in [0.05, 0.1) is 18.2 Å². The molecule has 1 aromatic rings. The Hall–Kier alpha value is -2.19. The van der Waals surface area contributed by atoms with Gasteiger partial charge in [-0.3, -0.25) is 0 Å². The lowest BCUT2D eigenvalue weighted by molar-refractivity contribution is -0.139. The van der Waals surface area contributed by atoms with Gasteiger partial charge >= 0.3 is 5.97 Å². The van der Waals surface area contributed by atoms with Gasteiger partial charge in [0.1, 0.15) is 6.07 Å². The van der Waals surface area contributed by atoms with Crippen molar-refractivity contribution in [2.75, 3.05) is 13.2 Å². The van der Waals surface area contributed by atoms with Gasteiger partial charge in [0.2, 0.25) is 0 Å². The zero-order chi connectivity index (χ0) is 15.2. The minimum Gasteiger partial charge on any atom is -0.489 e. The first kappa shape index (κ1) is 15.2. The minimum atomic E-state index is -0.783. The third-order valence-electron chi connectivity index (χ3n) is 2.71. The van der Waals surface area contributed by atoms with Gasteiger partial charge in [0.15, 0.2) is 17.6 Å². The van der Waals surface area contributed by atoms with Crippen molar-refractivity contribution < 1.29 is 19.0 Å². The van der Waals surface area contributed by atoms with E-state index in [9.17, 15) is 4.79 Å². The van der Waals surface area contributed by atoms with Gasteiger partial charge < -0.3 is 14.2 Å². The molecule has 0 saturated heterocycles. The molecule has 0 fully saturated rings. The first-order chi connectivity index (χ1) is 10.1. The van der Waals surface area contributed by atoms with Crippen molar-refractivity contribution in [2.45, 2.75) is 19.4 Å². The lowest BCUT2D eigenvalue weighted by atomic mass is 10.2. The third kappa shape index (κ3) is 4.14. The molecule has 0 saturated carbocycles. The Kier molecular flexibility index (Phi) is 5.07. The molecule has 110 valence electrons. The number of nitriles is 1.